The van der Waals surface area contributed by atoms with Gasteiger partial charge < -0.3 is 5.11 Å². The second kappa shape index (κ2) is 23.0. The molecule has 0 saturated heterocycles. The van der Waals surface area contributed by atoms with Gasteiger partial charge in [0.15, 0.2) is 17.4 Å². The molecular formula is CH5AlO2Zn. The van der Waals surface area contributed by atoms with Crippen LogP contribution in [-0.4, -0.2) is 28.9 Å². The van der Waals surface area contributed by atoms with Gasteiger partial charge in [-0.2, -0.15) is 0 Å². The van der Waals surface area contributed by atoms with Gasteiger partial charge in [0.25, 0.3) is 6.47 Å². The van der Waals surface area contributed by atoms with Crippen LogP contribution >= 0.6 is 0 Å². The van der Waals surface area contributed by atoms with Crippen LogP contribution in [0.25, 0.3) is 0 Å². The van der Waals surface area contributed by atoms with Crippen LogP contribution in [0.2, 0.25) is 0 Å². The van der Waals surface area contributed by atoms with Crippen LogP contribution in [-0.2, 0) is 24.3 Å². The molecule has 0 aliphatic rings. The minimum Gasteiger partial charge on any atom is -0.483 e. The van der Waals surface area contributed by atoms with Crippen molar-refractivity contribution in [1.82, 2.24) is 0 Å². The van der Waals surface area contributed by atoms with Crippen molar-refractivity contribution in [3.8, 4) is 0 Å². The zero-order valence-electron chi connectivity index (χ0n) is 2.14. The molecule has 26 valence electrons. The molecule has 0 rings (SSSR count). The monoisotopic (exact) mass is 140 g/mol. The SMILES string of the molecule is O=CO.[AlH3].[Zn]. The summed E-state index contributed by atoms with van der Waals surface area (Å²) in [6.45, 7) is -0.250. The third-order valence-corrected chi connectivity index (χ3v) is 0. The van der Waals surface area contributed by atoms with Gasteiger partial charge in [-0.1, -0.05) is 0 Å². The van der Waals surface area contributed by atoms with E-state index >= 15 is 0 Å². The molecule has 4 heteroatoms. The molecular weight excluding hydrogens is 136 g/mol. The number of hydrogen-bond donors (Lipinski definition) is 1. The summed E-state index contributed by atoms with van der Waals surface area (Å²) in [5.41, 5.74) is 0. The maximum atomic E-state index is 8.36. The first-order chi connectivity index (χ1) is 1.41. The first-order valence-corrected chi connectivity index (χ1v) is 0.494. The fourth-order valence-corrected chi connectivity index (χ4v) is 0. The smallest absolute Gasteiger partial charge is 0.290 e. The van der Waals surface area contributed by atoms with Gasteiger partial charge >= 0.3 is 0 Å². The van der Waals surface area contributed by atoms with Gasteiger partial charge in [-0.3, -0.25) is 4.79 Å². The van der Waals surface area contributed by atoms with E-state index < -0.39 is 0 Å². The Bertz CT molecular complexity index is 17.1. The molecule has 0 aromatic carbocycles. The molecule has 0 aliphatic heterocycles. The molecule has 0 bridgehead atoms. The summed E-state index contributed by atoms with van der Waals surface area (Å²) in [5.74, 6) is 0. The van der Waals surface area contributed by atoms with E-state index in [4.69, 9.17) is 9.90 Å². The largest absolute Gasteiger partial charge is 0.483 e. The minimum atomic E-state index is -0.250. The van der Waals surface area contributed by atoms with Crippen LogP contribution in [0.3, 0.4) is 0 Å². The van der Waals surface area contributed by atoms with Crippen molar-refractivity contribution < 1.29 is 29.4 Å². The van der Waals surface area contributed by atoms with Gasteiger partial charge in [-0.05, 0) is 0 Å². The molecule has 1 N–H and O–H groups in total. The maximum Gasteiger partial charge on any atom is 0.290 e. The molecule has 0 amide bonds. The Morgan fingerprint density at radius 3 is 1.60 bits per heavy atom. The summed E-state index contributed by atoms with van der Waals surface area (Å²) in [6, 6.07) is 0. The van der Waals surface area contributed by atoms with E-state index in [1.165, 1.54) is 0 Å². The van der Waals surface area contributed by atoms with Gasteiger partial charge in [0.1, 0.15) is 0 Å². The summed E-state index contributed by atoms with van der Waals surface area (Å²) in [5, 5.41) is 6.89. The summed E-state index contributed by atoms with van der Waals surface area (Å²) < 4.78 is 0. The zero-order chi connectivity index (χ0) is 2.71. The maximum absolute atomic E-state index is 8.36. The summed E-state index contributed by atoms with van der Waals surface area (Å²) in [6.07, 6.45) is 0. The minimum absolute atomic E-state index is 0. The van der Waals surface area contributed by atoms with Crippen LogP contribution in [0.4, 0.5) is 0 Å². The van der Waals surface area contributed by atoms with Crippen LogP contribution in [0.5, 0.6) is 0 Å². The van der Waals surface area contributed by atoms with Crippen LogP contribution in [0, 0.1) is 0 Å². The van der Waals surface area contributed by atoms with Crippen LogP contribution < -0.4 is 0 Å². The fourth-order valence-electron chi connectivity index (χ4n) is 0. The van der Waals surface area contributed by atoms with Gasteiger partial charge in [-0.25, -0.2) is 0 Å². The summed E-state index contributed by atoms with van der Waals surface area (Å²) in [7, 11) is 0. The van der Waals surface area contributed by atoms with Gasteiger partial charge in [0.2, 0.25) is 0 Å². The molecule has 2 nitrogen and oxygen atoms in total. The molecule has 0 heterocycles. The molecule has 0 radical (unpaired) electrons. The van der Waals surface area contributed by atoms with Gasteiger partial charge in [0, 0.05) is 19.5 Å². The van der Waals surface area contributed by atoms with E-state index in [9.17, 15) is 0 Å². The quantitative estimate of drug-likeness (QED) is 0.330. The molecule has 0 fully saturated rings. The fraction of sp³-hybridized carbons (Fsp3) is 0. The molecule has 0 spiro atoms. The van der Waals surface area contributed by atoms with Crippen molar-refractivity contribution >= 4 is 23.8 Å². The average Bonchev–Trinajstić information content (AvgIpc) is 0.918. The molecule has 0 saturated carbocycles. The van der Waals surface area contributed by atoms with Crippen molar-refractivity contribution in [3.05, 3.63) is 0 Å². The topological polar surface area (TPSA) is 37.3 Å². The average molecular weight is 141 g/mol. The van der Waals surface area contributed by atoms with E-state index in [0.29, 0.717) is 0 Å². The summed E-state index contributed by atoms with van der Waals surface area (Å²) >= 11 is 0. The molecule has 5 heavy (non-hydrogen) atoms. The van der Waals surface area contributed by atoms with Gasteiger partial charge in [-0.15, -0.1) is 0 Å². The Morgan fingerprint density at radius 1 is 1.60 bits per heavy atom. The number of rotatable bonds is 0. The molecule has 0 aromatic rings. The van der Waals surface area contributed by atoms with Crippen molar-refractivity contribution in [2.24, 2.45) is 0 Å². The van der Waals surface area contributed by atoms with Gasteiger partial charge in [0.05, 0.1) is 0 Å². The standard InChI is InChI=1S/CH2O2.Al.Zn.3H/c2-1-3;;;;;/h1H,(H,2,3);;;;;. The van der Waals surface area contributed by atoms with Crippen molar-refractivity contribution in [2.45, 2.75) is 0 Å². The normalized spacial score (nSPS) is 2.40. The third-order valence-electron chi connectivity index (χ3n) is 0. The number of carboxylic acid groups (broad SMARTS) is 1. The Morgan fingerprint density at radius 2 is 1.60 bits per heavy atom. The second-order valence-electron chi connectivity index (χ2n) is 0.105. The number of carbonyl (C=O) groups is 1. The first-order valence-electron chi connectivity index (χ1n) is 0.494. The van der Waals surface area contributed by atoms with E-state index in [-0.39, 0.29) is 43.3 Å². The Balaban J connectivity index is -0.0000000200. The predicted octanol–water partition coefficient (Wildman–Crippen LogP) is -1.49. The molecule has 0 aromatic heterocycles. The van der Waals surface area contributed by atoms with Crippen LogP contribution in [0.15, 0.2) is 0 Å². The van der Waals surface area contributed by atoms with Crippen molar-refractivity contribution in [2.75, 3.05) is 0 Å². The van der Waals surface area contributed by atoms with E-state index in [1.54, 1.807) is 0 Å². The van der Waals surface area contributed by atoms with Crippen LogP contribution in [0.1, 0.15) is 0 Å². The molecule has 0 atom stereocenters. The molecule has 0 aliphatic carbocycles. The Kier molecular flexibility index (Phi) is 80.3. The molecule has 0 unspecified atom stereocenters. The van der Waals surface area contributed by atoms with Crippen molar-refractivity contribution in [3.63, 3.8) is 0 Å². The second-order valence-corrected chi connectivity index (χ2v) is 0.105. The van der Waals surface area contributed by atoms with Crippen molar-refractivity contribution in [1.29, 1.82) is 0 Å². The first kappa shape index (κ1) is 17.5. The zero-order valence-corrected chi connectivity index (χ0v) is 5.11. The predicted molar refractivity (Wildman–Crippen MR) is 18.6 cm³/mol. The Labute approximate surface area is 53.5 Å². The summed E-state index contributed by atoms with van der Waals surface area (Å²) in [4.78, 5) is 8.36. The van der Waals surface area contributed by atoms with E-state index in [1.807, 2.05) is 0 Å². The van der Waals surface area contributed by atoms with E-state index in [0.717, 1.165) is 0 Å². The third kappa shape index (κ3) is 81.4. The Hall–Kier alpha value is 0.626. The number of hydrogen-bond acceptors (Lipinski definition) is 1. The van der Waals surface area contributed by atoms with E-state index in [2.05, 4.69) is 0 Å².